The molecule has 1 aromatic heterocycles. The van der Waals surface area contributed by atoms with Gasteiger partial charge in [-0.15, -0.1) is 0 Å². The number of halogens is 3. The van der Waals surface area contributed by atoms with Gasteiger partial charge in [0, 0.05) is 23.3 Å². The molecule has 1 aromatic rings. The highest BCUT2D eigenvalue weighted by Gasteiger charge is 2.35. The first-order valence-electron chi connectivity index (χ1n) is 7.08. The second kappa shape index (κ2) is 6.77. The van der Waals surface area contributed by atoms with Crippen molar-refractivity contribution in [1.29, 1.82) is 0 Å². The zero-order valence-corrected chi connectivity index (χ0v) is 13.2. The molecular weight excluding hydrogens is 331 g/mol. The molecule has 0 radical (unpaired) electrons. The largest absolute Gasteiger partial charge is 0.431 e. The Balaban J connectivity index is 2.25. The van der Waals surface area contributed by atoms with Gasteiger partial charge in [0.1, 0.15) is 5.70 Å². The number of hydrogen-bond acceptors (Lipinski definition) is 5. The predicted octanol–water partition coefficient (Wildman–Crippen LogP) is 2.10. The van der Waals surface area contributed by atoms with Gasteiger partial charge >= 0.3 is 6.18 Å². The number of thioether (sulfide) groups is 1. The van der Waals surface area contributed by atoms with Crippen LogP contribution in [0.25, 0.3) is 0 Å². The summed E-state index contributed by atoms with van der Waals surface area (Å²) in [5.41, 5.74) is 4.23. The van der Waals surface area contributed by atoms with Crippen molar-refractivity contribution < 1.29 is 18.0 Å². The molecule has 0 spiro atoms. The number of carbonyl (C=O) groups is 1. The molecule has 1 aliphatic carbocycles. The van der Waals surface area contributed by atoms with Crippen molar-refractivity contribution in [2.75, 3.05) is 5.75 Å². The molecule has 0 amide bonds. The molecule has 23 heavy (non-hydrogen) atoms. The summed E-state index contributed by atoms with van der Waals surface area (Å²) in [6.45, 7) is 1.46. The van der Waals surface area contributed by atoms with Crippen molar-refractivity contribution in [2.24, 2.45) is 5.73 Å². The lowest BCUT2D eigenvalue weighted by molar-refractivity contribution is -0.117. The van der Waals surface area contributed by atoms with Crippen LogP contribution >= 0.6 is 11.8 Å². The number of carbonyl (C=O) groups excluding carboxylic acids is 1. The van der Waals surface area contributed by atoms with Crippen LogP contribution in [-0.2, 0) is 17.6 Å². The van der Waals surface area contributed by atoms with Crippen LogP contribution < -0.4 is 11.3 Å². The van der Waals surface area contributed by atoms with Crippen molar-refractivity contribution in [3.63, 3.8) is 0 Å². The lowest BCUT2D eigenvalue weighted by Crippen LogP contribution is -2.25. The standard InChI is InChI=1S/C14H16F3N3O2S/c1-2-10(21)8(11(18)14(15,16)17)6-23-13-19-9-5-3-4-7(9)12(22)20-13/h2-6,18H2,1H3,(H,19,20,22)/b11-8-. The maximum Gasteiger partial charge on any atom is 0.431 e. The van der Waals surface area contributed by atoms with Crippen molar-refractivity contribution in [2.45, 2.75) is 43.9 Å². The minimum atomic E-state index is -4.76. The van der Waals surface area contributed by atoms with E-state index in [0.29, 0.717) is 24.1 Å². The van der Waals surface area contributed by atoms with E-state index in [2.05, 4.69) is 9.97 Å². The monoisotopic (exact) mass is 347 g/mol. The molecule has 0 bridgehead atoms. The number of aromatic nitrogens is 2. The number of nitrogens with zero attached hydrogens (tertiary/aromatic N) is 1. The van der Waals surface area contributed by atoms with Crippen LogP contribution in [0.15, 0.2) is 21.2 Å². The fourth-order valence-corrected chi connectivity index (χ4v) is 3.26. The summed E-state index contributed by atoms with van der Waals surface area (Å²) in [6.07, 6.45) is -2.68. The lowest BCUT2D eigenvalue weighted by atomic mass is 10.1. The first kappa shape index (κ1) is 17.6. The number of allylic oxidation sites excluding steroid dienone is 1. The Morgan fingerprint density at radius 2 is 2.09 bits per heavy atom. The van der Waals surface area contributed by atoms with Crippen LogP contribution in [0.4, 0.5) is 13.2 Å². The zero-order valence-electron chi connectivity index (χ0n) is 12.4. The number of Topliss-reactive ketones (excluding diaryl/α,β-unsaturated/α-hetero) is 1. The van der Waals surface area contributed by atoms with Crippen LogP contribution in [-0.4, -0.2) is 27.7 Å². The van der Waals surface area contributed by atoms with E-state index in [9.17, 15) is 22.8 Å². The molecule has 1 heterocycles. The third-order valence-corrected chi connectivity index (χ3v) is 4.46. The Kier molecular flexibility index (Phi) is 5.18. The molecule has 3 N–H and O–H groups in total. The van der Waals surface area contributed by atoms with Gasteiger partial charge in [-0.1, -0.05) is 18.7 Å². The minimum absolute atomic E-state index is 0.0825. The SMILES string of the molecule is CCC(=O)/C(CSc1nc2c(c(=O)[nH]1)CCC2)=C(\N)C(F)(F)F. The lowest BCUT2D eigenvalue weighted by Gasteiger charge is -2.13. The summed E-state index contributed by atoms with van der Waals surface area (Å²) < 4.78 is 38.2. The van der Waals surface area contributed by atoms with Crippen LogP contribution in [0.2, 0.25) is 0 Å². The van der Waals surface area contributed by atoms with Gasteiger partial charge in [0.15, 0.2) is 10.9 Å². The number of ketones is 1. The molecule has 0 saturated carbocycles. The third kappa shape index (κ3) is 3.95. The van der Waals surface area contributed by atoms with Gasteiger partial charge in [-0.25, -0.2) is 4.98 Å². The van der Waals surface area contributed by atoms with Gasteiger partial charge in [0.2, 0.25) is 0 Å². The average Bonchev–Trinajstić information content (AvgIpc) is 2.94. The molecule has 1 aliphatic rings. The molecule has 0 fully saturated rings. The highest BCUT2D eigenvalue weighted by Crippen LogP contribution is 2.28. The number of nitrogens with one attached hydrogen (secondary N) is 1. The summed E-state index contributed by atoms with van der Waals surface area (Å²) in [4.78, 5) is 30.4. The fourth-order valence-electron chi connectivity index (χ4n) is 2.32. The number of alkyl halides is 3. The summed E-state index contributed by atoms with van der Waals surface area (Å²) in [5.74, 6) is -0.962. The molecule has 0 atom stereocenters. The Morgan fingerprint density at radius 1 is 1.39 bits per heavy atom. The van der Waals surface area contributed by atoms with Crippen molar-refractivity contribution in [3.05, 3.63) is 32.9 Å². The fraction of sp³-hybridized carbons (Fsp3) is 0.500. The zero-order chi connectivity index (χ0) is 17.2. The Labute approximate surface area is 134 Å². The summed E-state index contributed by atoms with van der Waals surface area (Å²) in [5, 5.41) is 0.201. The molecule has 126 valence electrons. The van der Waals surface area contributed by atoms with Crippen LogP contribution in [0, 0.1) is 0 Å². The van der Waals surface area contributed by atoms with E-state index in [1.54, 1.807) is 0 Å². The van der Waals surface area contributed by atoms with E-state index in [1.807, 2.05) is 0 Å². The Morgan fingerprint density at radius 3 is 2.70 bits per heavy atom. The van der Waals surface area contributed by atoms with E-state index >= 15 is 0 Å². The summed E-state index contributed by atoms with van der Waals surface area (Å²) in [6, 6.07) is 0. The van der Waals surface area contributed by atoms with Gasteiger partial charge in [0.25, 0.3) is 5.56 Å². The number of hydrogen-bond donors (Lipinski definition) is 2. The topological polar surface area (TPSA) is 88.8 Å². The van der Waals surface area contributed by atoms with Gasteiger partial charge < -0.3 is 10.7 Å². The van der Waals surface area contributed by atoms with Crippen LogP contribution in [0.3, 0.4) is 0 Å². The number of fused-ring (bicyclic) bond motifs is 1. The quantitative estimate of drug-likeness (QED) is 0.484. The predicted molar refractivity (Wildman–Crippen MR) is 80.2 cm³/mol. The van der Waals surface area contributed by atoms with Gasteiger partial charge in [-0.3, -0.25) is 9.59 Å². The number of rotatable bonds is 5. The first-order chi connectivity index (χ1) is 10.7. The molecule has 0 aliphatic heterocycles. The van der Waals surface area contributed by atoms with Crippen molar-refractivity contribution >= 4 is 17.5 Å². The molecule has 0 saturated heterocycles. The first-order valence-corrected chi connectivity index (χ1v) is 8.06. The molecule has 9 heteroatoms. The van der Waals surface area contributed by atoms with E-state index < -0.39 is 23.2 Å². The van der Waals surface area contributed by atoms with Gasteiger partial charge in [-0.05, 0) is 19.3 Å². The normalized spacial score (nSPS) is 15.3. The summed E-state index contributed by atoms with van der Waals surface area (Å²) >= 11 is 0.871. The highest BCUT2D eigenvalue weighted by atomic mass is 32.2. The van der Waals surface area contributed by atoms with Gasteiger partial charge in [0.05, 0.1) is 5.69 Å². The number of nitrogens with two attached hydrogens (primary N) is 1. The van der Waals surface area contributed by atoms with E-state index in [4.69, 9.17) is 5.73 Å². The number of H-pyrrole nitrogens is 1. The maximum absolute atomic E-state index is 12.7. The van der Waals surface area contributed by atoms with Crippen molar-refractivity contribution in [1.82, 2.24) is 9.97 Å². The molecule has 5 nitrogen and oxygen atoms in total. The third-order valence-electron chi connectivity index (χ3n) is 3.56. The average molecular weight is 347 g/mol. The Hall–Kier alpha value is -1.77. The molecule has 0 aromatic carbocycles. The molecule has 0 unspecified atom stereocenters. The van der Waals surface area contributed by atoms with Crippen LogP contribution in [0.1, 0.15) is 31.0 Å². The maximum atomic E-state index is 12.7. The second-order valence-corrected chi connectivity index (χ2v) is 6.07. The number of aromatic amines is 1. The second-order valence-electron chi connectivity index (χ2n) is 5.11. The smallest absolute Gasteiger partial charge is 0.394 e. The highest BCUT2D eigenvalue weighted by molar-refractivity contribution is 7.99. The van der Waals surface area contributed by atoms with Crippen LogP contribution in [0.5, 0.6) is 0 Å². The van der Waals surface area contributed by atoms with E-state index in [1.165, 1.54) is 6.92 Å². The minimum Gasteiger partial charge on any atom is -0.394 e. The molecule has 2 rings (SSSR count). The van der Waals surface area contributed by atoms with Crippen molar-refractivity contribution in [3.8, 4) is 0 Å². The van der Waals surface area contributed by atoms with E-state index in [-0.39, 0.29) is 22.9 Å². The number of aryl methyl sites for hydroxylation is 1. The Bertz CT molecular complexity index is 710. The van der Waals surface area contributed by atoms with Gasteiger partial charge in [-0.2, -0.15) is 13.2 Å². The molecular formula is C14H16F3N3O2S. The summed E-state index contributed by atoms with van der Waals surface area (Å²) in [7, 11) is 0. The van der Waals surface area contributed by atoms with E-state index in [0.717, 1.165) is 18.2 Å².